The molecule has 14 heteroatoms. The van der Waals surface area contributed by atoms with E-state index in [1.807, 2.05) is 24.3 Å². The molecule has 0 aliphatic carbocycles. The lowest BCUT2D eigenvalue weighted by Crippen LogP contribution is -2.39. The van der Waals surface area contributed by atoms with Crippen molar-refractivity contribution >= 4 is 48.6 Å². The van der Waals surface area contributed by atoms with Crippen molar-refractivity contribution in [2.45, 2.75) is 30.7 Å². The molecule has 3 N–H and O–H groups in total. The Labute approximate surface area is 229 Å². The van der Waals surface area contributed by atoms with Crippen molar-refractivity contribution in [1.29, 1.82) is 0 Å². The molecule has 0 radical (unpaired) electrons. The summed E-state index contributed by atoms with van der Waals surface area (Å²) in [5, 5.41) is 24.2. The molecule has 5 rings (SSSR count). The van der Waals surface area contributed by atoms with E-state index < -0.39 is 10.0 Å². The molecule has 0 unspecified atom stereocenters. The zero-order chi connectivity index (χ0) is 24.6. The summed E-state index contributed by atoms with van der Waals surface area (Å²) in [7, 11) is -1.57. The number of benzene rings is 2. The van der Waals surface area contributed by atoms with Gasteiger partial charge in [0.1, 0.15) is 0 Å². The summed E-state index contributed by atoms with van der Waals surface area (Å²) >= 11 is 0. The van der Waals surface area contributed by atoms with Gasteiger partial charge >= 0.3 is 0 Å². The van der Waals surface area contributed by atoms with Crippen LogP contribution in [0.25, 0.3) is 11.4 Å². The van der Waals surface area contributed by atoms with E-state index in [9.17, 15) is 18.3 Å². The predicted molar refractivity (Wildman–Crippen MR) is 149 cm³/mol. The van der Waals surface area contributed by atoms with E-state index in [4.69, 9.17) is 0 Å². The number of tetrazole rings is 1. The number of carbonyl (C=O) groups excluding carboxylic acids is 1. The number of hydrogen-bond donors (Lipinski definition) is 3. The third kappa shape index (κ3) is 6.62. The number of likely N-dealkylation sites (N-methyl/N-ethyl adjacent to an activating group) is 1. The van der Waals surface area contributed by atoms with Crippen molar-refractivity contribution in [1.82, 2.24) is 30.4 Å². The number of rotatable bonds is 7. The Balaban J connectivity index is 0.00000190. The van der Waals surface area contributed by atoms with Crippen LogP contribution in [0.4, 0.5) is 5.69 Å². The molecule has 2 atom stereocenters. The third-order valence-corrected chi connectivity index (χ3v) is 7.78. The van der Waals surface area contributed by atoms with Crippen LogP contribution in [-0.2, 0) is 27.0 Å². The zero-order valence-electron chi connectivity index (χ0n) is 20.3. The Morgan fingerprint density at radius 2 is 2.05 bits per heavy atom. The topological polar surface area (TPSA) is 144 Å². The van der Waals surface area contributed by atoms with Gasteiger partial charge in [0, 0.05) is 32.2 Å². The molecule has 200 valence electrons. The van der Waals surface area contributed by atoms with Crippen molar-refractivity contribution in [3.8, 4) is 11.4 Å². The highest BCUT2D eigenvalue weighted by molar-refractivity contribution is 7.92. The molecule has 3 heterocycles. The molecule has 2 aliphatic rings. The van der Waals surface area contributed by atoms with Crippen molar-refractivity contribution in [3.63, 3.8) is 0 Å². The van der Waals surface area contributed by atoms with Crippen LogP contribution in [0, 0.1) is 0 Å². The monoisotopic (exact) mass is 565 g/mol. The molecule has 0 saturated carbocycles. The van der Waals surface area contributed by atoms with Crippen LogP contribution in [0.1, 0.15) is 29.2 Å². The highest BCUT2D eigenvalue weighted by Gasteiger charge is 2.29. The molecule has 1 fully saturated rings. The summed E-state index contributed by atoms with van der Waals surface area (Å²) in [6, 6.07) is 12.7. The maximum absolute atomic E-state index is 13.4. The van der Waals surface area contributed by atoms with E-state index in [1.165, 1.54) is 0 Å². The first-order chi connectivity index (χ1) is 16.8. The number of H-pyrrole nitrogens is 1. The summed E-state index contributed by atoms with van der Waals surface area (Å²) < 4.78 is 26.2. The Morgan fingerprint density at radius 1 is 1.24 bits per heavy atom. The average molecular weight is 566 g/mol. The van der Waals surface area contributed by atoms with E-state index in [0.29, 0.717) is 36.6 Å². The van der Waals surface area contributed by atoms with Crippen LogP contribution >= 0.6 is 27.0 Å². The van der Waals surface area contributed by atoms with Gasteiger partial charge in [0.15, 0.2) is 0 Å². The summed E-state index contributed by atoms with van der Waals surface area (Å²) in [6.07, 6.45) is 0.477. The van der Waals surface area contributed by atoms with Crippen LogP contribution in [-0.4, -0.2) is 82.6 Å². The second-order valence-electron chi connectivity index (χ2n) is 9.11. The first-order valence-electron chi connectivity index (χ1n) is 11.4. The molecular formula is C23H31N7O4S3. The standard InChI is InChI=1S/C23H27N7O4S.2H2S/c1-29(22(32)10-15-5-6-18-14-35(33,34)26-20(18)9-15)21(13-30-8-7-19(31)12-30)16-3-2-4-17(11-16)23-24-27-28-25-23;;/h2-6,9,11,19,21,26,31H,7-8,10,12-14H2,1H3,(H,24,25,27,28);2*1H2/t19-,21+;;/m0../s1. The Bertz CT molecular complexity index is 1340. The maximum Gasteiger partial charge on any atom is 0.237 e. The lowest BCUT2D eigenvalue weighted by Gasteiger charge is -2.32. The number of aromatic amines is 1. The van der Waals surface area contributed by atoms with Gasteiger partial charge in [-0.1, -0.05) is 30.3 Å². The number of amides is 1. The second kappa shape index (κ2) is 11.8. The molecule has 0 spiro atoms. The molecular weight excluding hydrogens is 534 g/mol. The molecule has 2 aromatic carbocycles. The van der Waals surface area contributed by atoms with Crippen molar-refractivity contribution in [2.75, 3.05) is 31.4 Å². The van der Waals surface area contributed by atoms with Crippen LogP contribution in [0.5, 0.6) is 0 Å². The summed E-state index contributed by atoms with van der Waals surface area (Å²) in [5.41, 5.74) is 3.69. The quantitative estimate of drug-likeness (QED) is 0.387. The highest BCUT2D eigenvalue weighted by atomic mass is 32.2. The number of anilines is 1. The minimum absolute atomic E-state index is 0. The Kier molecular flexibility index (Phi) is 9.23. The lowest BCUT2D eigenvalue weighted by atomic mass is 10.0. The smallest absolute Gasteiger partial charge is 0.237 e. The van der Waals surface area contributed by atoms with E-state index in [2.05, 4.69) is 30.2 Å². The van der Waals surface area contributed by atoms with Gasteiger partial charge in [-0.2, -0.15) is 32.2 Å². The molecule has 1 aromatic heterocycles. The number of nitrogens with one attached hydrogen (secondary N) is 2. The summed E-state index contributed by atoms with van der Waals surface area (Å²) in [5.74, 6) is 0.328. The Morgan fingerprint density at radius 3 is 2.76 bits per heavy atom. The number of sulfonamides is 1. The molecule has 37 heavy (non-hydrogen) atoms. The largest absolute Gasteiger partial charge is 0.392 e. The van der Waals surface area contributed by atoms with E-state index in [-0.39, 0.29) is 57.2 Å². The van der Waals surface area contributed by atoms with E-state index in [0.717, 1.165) is 23.2 Å². The molecule has 0 bridgehead atoms. The van der Waals surface area contributed by atoms with Crippen LogP contribution in [0.2, 0.25) is 0 Å². The van der Waals surface area contributed by atoms with E-state index >= 15 is 0 Å². The van der Waals surface area contributed by atoms with Gasteiger partial charge in [0.05, 0.1) is 30.0 Å². The second-order valence-corrected chi connectivity index (χ2v) is 10.8. The first kappa shape index (κ1) is 28.9. The fourth-order valence-corrected chi connectivity index (χ4v) is 5.94. The number of fused-ring (bicyclic) bond motifs is 1. The summed E-state index contributed by atoms with van der Waals surface area (Å²) in [4.78, 5) is 17.3. The fraction of sp³-hybridized carbons (Fsp3) is 0.391. The van der Waals surface area contributed by atoms with Crippen LogP contribution in [0.3, 0.4) is 0 Å². The molecule has 1 saturated heterocycles. The molecule has 1 amide bonds. The minimum atomic E-state index is -3.35. The number of β-amino-alcohol motifs (C(OH)–C–C–N with tert-alkyl or cyclic N) is 1. The normalized spacial score (nSPS) is 18.7. The number of aliphatic hydroxyl groups excluding tert-OH is 1. The van der Waals surface area contributed by atoms with Crippen LogP contribution < -0.4 is 4.72 Å². The number of likely N-dealkylation sites (tertiary alicyclic amines) is 1. The Hall–Kier alpha value is -2.65. The van der Waals surface area contributed by atoms with Crippen LogP contribution in [0.15, 0.2) is 42.5 Å². The van der Waals surface area contributed by atoms with Gasteiger partial charge < -0.3 is 10.0 Å². The first-order valence-corrected chi connectivity index (χ1v) is 13.0. The predicted octanol–water partition coefficient (Wildman–Crippen LogP) is 1.16. The van der Waals surface area contributed by atoms with Gasteiger partial charge in [0.2, 0.25) is 21.8 Å². The number of aromatic nitrogens is 4. The molecule has 3 aromatic rings. The minimum Gasteiger partial charge on any atom is -0.392 e. The zero-order valence-corrected chi connectivity index (χ0v) is 23.1. The fourth-order valence-electron chi connectivity index (χ4n) is 4.68. The van der Waals surface area contributed by atoms with E-state index in [1.54, 1.807) is 30.1 Å². The highest BCUT2D eigenvalue weighted by Crippen LogP contribution is 2.30. The van der Waals surface area contributed by atoms with Gasteiger partial charge in [-0.25, -0.2) is 8.42 Å². The SMILES string of the molecule is CN(C(=O)Cc1ccc2c(c1)NS(=O)(=O)C2)[C@H](CN1CC[C@H](O)C1)c1cccc(-c2nn[nH]n2)c1.S.S. The number of nitrogens with zero attached hydrogens (tertiary/aromatic N) is 5. The number of hydrogen-bond acceptors (Lipinski definition) is 8. The van der Waals surface area contributed by atoms with Gasteiger partial charge in [-0.15, -0.1) is 10.2 Å². The van der Waals surface area contributed by atoms with Crippen molar-refractivity contribution in [3.05, 3.63) is 59.2 Å². The third-order valence-electron chi connectivity index (χ3n) is 6.56. The molecule has 11 nitrogen and oxygen atoms in total. The van der Waals surface area contributed by atoms with Crippen molar-refractivity contribution < 1.29 is 18.3 Å². The molecule has 2 aliphatic heterocycles. The van der Waals surface area contributed by atoms with Gasteiger partial charge in [-0.3, -0.25) is 14.4 Å². The average Bonchev–Trinajstić information content (AvgIpc) is 3.56. The van der Waals surface area contributed by atoms with Crippen molar-refractivity contribution in [2.24, 2.45) is 0 Å². The maximum atomic E-state index is 13.4. The summed E-state index contributed by atoms with van der Waals surface area (Å²) in [6.45, 7) is 1.89. The number of carbonyl (C=O) groups is 1. The van der Waals surface area contributed by atoms with Gasteiger partial charge in [0.25, 0.3) is 0 Å². The lowest BCUT2D eigenvalue weighted by molar-refractivity contribution is -0.131. The number of aliphatic hydroxyl groups is 1. The van der Waals surface area contributed by atoms with Gasteiger partial charge in [-0.05, 0) is 40.5 Å².